The second-order valence-electron chi connectivity index (χ2n) is 4.98. The summed E-state index contributed by atoms with van der Waals surface area (Å²) in [5, 5.41) is 1.03. The van der Waals surface area contributed by atoms with Crippen LogP contribution in [0.5, 0.6) is 0 Å². The smallest absolute Gasteiger partial charge is 0.355 e. The van der Waals surface area contributed by atoms with Crippen molar-refractivity contribution in [2.45, 2.75) is 13.8 Å². The number of aryl methyl sites for hydroxylation is 1. The lowest BCUT2D eigenvalue weighted by Gasteiger charge is -2.10. The lowest BCUT2D eigenvalue weighted by molar-refractivity contribution is 0.0517. The van der Waals surface area contributed by atoms with Crippen molar-refractivity contribution in [2.75, 3.05) is 6.61 Å². The zero-order valence-electron chi connectivity index (χ0n) is 12.2. The first-order valence-corrected chi connectivity index (χ1v) is 7.05. The number of aromatic nitrogens is 1. The van der Waals surface area contributed by atoms with Crippen molar-refractivity contribution in [2.24, 2.45) is 0 Å². The summed E-state index contributed by atoms with van der Waals surface area (Å²) >= 11 is 0. The normalized spacial score (nSPS) is 10.8. The summed E-state index contributed by atoms with van der Waals surface area (Å²) in [6.45, 7) is 4.23. The van der Waals surface area contributed by atoms with Gasteiger partial charge in [0, 0.05) is 11.1 Å². The van der Waals surface area contributed by atoms with Crippen LogP contribution < -0.4 is 0 Å². The Kier molecular flexibility index (Phi) is 3.48. The summed E-state index contributed by atoms with van der Waals surface area (Å²) < 4.78 is 7.15. The molecule has 0 spiro atoms. The van der Waals surface area contributed by atoms with Crippen molar-refractivity contribution in [3.8, 4) is 5.69 Å². The highest BCUT2D eigenvalue weighted by Crippen LogP contribution is 2.26. The molecule has 3 heteroatoms. The largest absolute Gasteiger partial charge is 0.461 e. The molecule has 3 rings (SSSR count). The van der Waals surface area contributed by atoms with E-state index in [4.69, 9.17) is 4.74 Å². The van der Waals surface area contributed by atoms with E-state index in [9.17, 15) is 4.79 Å². The number of carbonyl (C=O) groups excluding carboxylic acids is 1. The number of ether oxygens (including phenoxy) is 1. The molecule has 0 N–H and O–H groups in total. The molecule has 0 aliphatic carbocycles. The predicted molar refractivity (Wildman–Crippen MR) is 84.0 cm³/mol. The zero-order chi connectivity index (χ0) is 14.8. The van der Waals surface area contributed by atoms with Gasteiger partial charge in [-0.1, -0.05) is 30.3 Å². The van der Waals surface area contributed by atoms with Gasteiger partial charge in [-0.2, -0.15) is 0 Å². The fraction of sp³-hybridized carbons (Fsp3) is 0.167. The SMILES string of the molecule is CCOC(=O)c1cc2ccc(C)cc2n1-c1ccccc1. The molecule has 3 aromatic rings. The van der Waals surface area contributed by atoms with Crippen LogP contribution >= 0.6 is 0 Å². The molecule has 0 radical (unpaired) electrons. The molecule has 106 valence electrons. The molecule has 3 nitrogen and oxygen atoms in total. The van der Waals surface area contributed by atoms with Gasteiger partial charge in [-0.25, -0.2) is 4.79 Å². The molecule has 0 bridgehead atoms. The summed E-state index contributed by atoms with van der Waals surface area (Å²) in [6, 6.07) is 17.9. The quantitative estimate of drug-likeness (QED) is 0.675. The van der Waals surface area contributed by atoms with E-state index in [1.165, 1.54) is 0 Å². The topological polar surface area (TPSA) is 31.2 Å². The molecular formula is C18H17NO2. The van der Waals surface area contributed by atoms with Gasteiger partial charge in [0.05, 0.1) is 12.1 Å². The van der Waals surface area contributed by atoms with Gasteiger partial charge in [-0.3, -0.25) is 0 Å². The first-order chi connectivity index (χ1) is 10.2. The van der Waals surface area contributed by atoms with Gasteiger partial charge in [-0.15, -0.1) is 0 Å². The van der Waals surface area contributed by atoms with E-state index in [2.05, 4.69) is 6.07 Å². The highest BCUT2D eigenvalue weighted by Gasteiger charge is 2.17. The average molecular weight is 279 g/mol. The second-order valence-corrected chi connectivity index (χ2v) is 4.98. The fourth-order valence-corrected chi connectivity index (χ4v) is 2.52. The fourth-order valence-electron chi connectivity index (χ4n) is 2.52. The number of nitrogens with zero attached hydrogens (tertiary/aromatic N) is 1. The number of hydrogen-bond acceptors (Lipinski definition) is 2. The van der Waals surface area contributed by atoms with Gasteiger partial charge in [0.2, 0.25) is 0 Å². The first kappa shape index (κ1) is 13.4. The predicted octanol–water partition coefficient (Wildman–Crippen LogP) is 4.12. The van der Waals surface area contributed by atoms with Crippen molar-refractivity contribution >= 4 is 16.9 Å². The molecule has 0 aliphatic heterocycles. The molecule has 0 aliphatic rings. The van der Waals surface area contributed by atoms with Crippen LogP contribution in [0.15, 0.2) is 54.6 Å². The second kappa shape index (κ2) is 5.44. The van der Waals surface area contributed by atoms with Crippen molar-refractivity contribution in [1.29, 1.82) is 0 Å². The minimum absolute atomic E-state index is 0.296. The van der Waals surface area contributed by atoms with E-state index >= 15 is 0 Å². The van der Waals surface area contributed by atoms with Gasteiger partial charge in [0.1, 0.15) is 5.69 Å². The monoisotopic (exact) mass is 279 g/mol. The van der Waals surface area contributed by atoms with E-state index in [-0.39, 0.29) is 5.97 Å². The van der Waals surface area contributed by atoms with Crippen LogP contribution in [0.4, 0.5) is 0 Å². The molecule has 0 amide bonds. The van der Waals surface area contributed by atoms with Crippen LogP contribution in [0.2, 0.25) is 0 Å². The number of rotatable bonds is 3. The number of para-hydroxylation sites is 1. The number of carbonyl (C=O) groups is 1. The number of fused-ring (bicyclic) bond motifs is 1. The third kappa shape index (κ3) is 2.42. The van der Waals surface area contributed by atoms with Crippen molar-refractivity contribution < 1.29 is 9.53 Å². The zero-order valence-corrected chi connectivity index (χ0v) is 12.2. The molecule has 0 fully saturated rings. The molecule has 0 saturated carbocycles. The van der Waals surface area contributed by atoms with E-state index < -0.39 is 0 Å². The number of benzene rings is 2. The Morgan fingerprint density at radius 1 is 1.10 bits per heavy atom. The Balaban J connectivity index is 2.29. The van der Waals surface area contributed by atoms with E-state index in [0.717, 1.165) is 22.2 Å². The van der Waals surface area contributed by atoms with Crippen molar-refractivity contribution in [3.63, 3.8) is 0 Å². The third-order valence-corrected chi connectivity index (χ3v) is 3.46. The highest BCUT2D eigenvalue weighted by molar-refractivity contribution is 5.97. The lowest BCUT2D eigenvalue weighted by atomic mass is 10.2. The van der Waals surface area contributed by atoms with Crippen LogP contribution in [-0.2, 0) is 4.74 Å². The van der Waals surface area contributed by atoms with Gasteiger partial charge >= 0.3 is 5.97 Å². The number of esters is 1. The van der Waals surface area contributed by atoms with Gasteiger partial charge in [-0.05, 0) is 43.7 Å². The Morgan fingerprint density at radius 3 is 2.57 bits per heavy atom. The summed E-state index contributed by atoms with van der Waals surface area (Å²) in [6.07, 6.45) is 0. The molecule has 0 atom stereocenters. The highest BCUT2D eigenvalue weighted by atomic mass is 16.5. The first-order valence-electron chi connectivity index (χ1n) is 7.05. The molecule has 2 aromatic carbocycles. The number of hydrogen-bond donors (Lipinski definition) is 0. The lowest BCUT2D eigenvalue weighted by Crippen LogP contribution is -2.10. The maximum atomic E-state index is 12.3. The summed E-state index contributed by atoms with van der Waals surface area (Å²) in [4.78, 5) is 12.3. The average Bonchev–Trinajstić information content (AvgIpc) is 2.87. The van der Waals surface area contributed by atoms with Crippen molar-refractivity contribution in [1.82, 2.24) is 4.57 Å². The van der Waals surface area contributed by atoms with E-state index in [0.29, 0.717) is 12.3 Å². The van der Waals surface area contributed by atoms with Gasteiger partial charge in [0.15, 0.2) is 0 Å². The third-order valence-electron chi connectivity index (χ3n) is 3.46. The van der Waals surface area contributed by atoms with E-state index in [1.54, 1.807) is 0 Å². The Morgan fingerprint density at radius 2 is 1.86 bits per heavy atom. The minimum atomic E-state index is -0.296. The van der Waals surface area contributed by atoms with Crippen LogP contribution in [0.25, 0.3) is 16.6 Å². The Hall–Kier alpha value is -2.55. The molecule has 0 unspecified atom stereocenters. The standard InChI is InChI=1S/C18H17NO2/c1-3-21-18(20)17-12-14-10-9-13(2)11-16(14)19(17)15-7-5-4-6-8-15/h4-12H,3H2,1-2H3. The Bertz CT molecular complexity index is 788. The Labute approximate surface area is 123 Å². The van der Waals surface area contributed by atoms with E-state index in [1.807, 2.05) is 66.9 Å². The van der Waals surface area contributed by atoms with Crippen LogP contribution in [0.1, 0.15) is 23.0 Å². The van der Waals surface area contributed by atoms with Crippen LogP contribution in [0.3, 0.4) is 0 Å². The van der Waals surface area contributed by atoms with Crippen LogP contribution in [0, 0.1) is 6.92 Å². The minimum Gasteiger partial charge on any atom is -0.461 e. The maximum absolute atomic E-state index is 12.3. The molecule has 21 heavy (non-hydrogen) atoms. The summed E-state index contributed by atoms with van der Waals surface area (Å²) in [5.74, 6) is -0.296. The van der Waals surface area contributed by atoms with Crippen molar-refractivity contribution in [3.05, 3.63) is 65.9 Å². The summed E-state index contributed by atoms with van der Waals surface area (Å²) in [7, 11) is 0. The van der Waals surface area contributed by atoms with Gasteiger partial charge in [0.25, 0.3) is 0 Å². The summed E-state index contributed by atoms with van der Waals surface area (Å²) in [5.41, 5.74) is 3.70. The van der Waals surface area contributed by atoms with Gasteiger partial charge < -0.3 is 9.30 Å². The van der Waals surface area contributed by atoms with Crippen LogP contribution in [-0.4, -0.2) is 17.1 Å². The molecule has 1 heterocycles. The molecular weight excluding hydrogens is 262 g/mol. The maximum Gasteiger partial charge on any atom is 0.355 e. The molecule has 1 aromatic heterocycles. The molecule has 0 saturated heterocycles.